The predicted octanol–water partition coefficient (Wildman–Crippen LogP) is 7.29. The van der Waals surface area contributed by atoms with Crippen LogP contribution >= 0.6 is 104 Å². The first-order valence-corrected chi connectivity index (χ1v) is 17.4. The van der Waals surface area contributed by atoms with Crippen LogP contribution in [0.3, 0.4) is 0 Å². The van der Waals surface area contributed by atoms with Crippen LogP contribution in [0.2, 0.25) is 45.2 Å². The minimum atomic E-state index is -0.302. The van der Waals surface area contributed by atoms with Crippen molar-refractivity contribution in [2.75, 3.05) is 0 Å². The van der Waals surface area contributed by atoms with Gasteiger partial charge in [-0.3, -0.25) is 0 Å². The van der Waals surface area contributed by atoms with E-state index in [4.69, 9.17) is 119 Å². The van der Waals surface area contributed by atoms with E-state index in [-0.39, 0.29) is 106 Å². The number of benzene rings is 6. The molecule has 0 amide bonds. The van der Waals surface area contributed by atoms with E-state index in [0.717, 1.165) is 0 Å². The van der Waals surface area contributed by atoms with Gasteiger partial charge in [0.25, 0.3) is 0 Å². The molecule has 0 saturated carbocycles. The van der Waals surface area contributed by atoms with Gasteiger partial charge in [-0.25, -0.2) is 0 Å². The summed E-state index contributed by atoms with van der Waals surface area (Å²) in [5, 5.41) is 36.4. The molecule has 280 valence electrons. The molecule has 0 bridgehead atoms. The van der Waals surface area contributed by atoms with Gasteiger partial charge in [0.15, 0.2) is 11.5 Å². The number of halogens is 9. The quantitative estimate of drug-likeness (QED) is 0.172. The molecule has 6 aromatic rings. The summed E-state index contributed by atoms with van der Waals surface area (Å²) in [5.74, 6) is 1.10. The summed E-state index contributed by atoms with van der Waals surface area (Å²) < 4.78 is 16.2. The normalized spacial score (nSPS) is 9.55. The monoisotopic (exact) mass is 944 g/mol. The van der Waals surface area contributed by atoms with E-state index >= 15 is 0 Å². The van der Waals surface area contributed by atoms with Gasteiger partial charge in [0, 0.05) is 36.2 Å². The SMILES string of the molecule is O.Oc1cc(Cl)ccc1Oc1ccc(Cl)cc1Cl.[H+].[Na+].[Na+].[O-]c1cc(Cl)ccc1Oc1ccc(Cl)cc1Cl.[O-]c1cc(Cl)ccc1Oc1ccc(Cl)cc1Cl.[OH-]. The summed E-state index contributed by atoms with van der Waals surface area (Å²) in [6.45, 7) is 0. The summed E-state index contributed by atoms with van der Waals surface area (Å²) in [6, 6.07) is 27.6. The Kier molecular flexibility index (Phi) is 25.3. The summed E-state index contributed by atoms with van der Waals surface area (Å²) >= 11 is 52.1. The Morgan fingerprint density at radius 2 is 0.618 bits per heavy atom. The van der Waals surface area contributed by atoms with Crippen LogP contribution in [-0.2, 0) is 0 Å². The zero-order chi connectivity index (χ0) is 37.2. The molecule has 0 unspecified atom stereocenters. The second kappa shape index (κ2) is 25.9. The molecule has 6 aromatic carbocycles. The number of phenols is 1. The Labute approximate surface area is 406 Å². The van der Waals surface area contributed by atoms with Gasteiger partial charge in [0.05, 0.1) is 15.1 Å². The van der Waals surface area contributed by atoms with Gasteiger partial charge in [-0.1, -0.05) is 116 Å². The van der Waals surface area contributed by atoms with Crippen LogP contribution in [0.1, 0.15) is 1.43 Å². The summed E-state index contributed by atoms with van der Waals surface area (Å²) in [4.78, 5) is 0. The molecule has 19 heteroatoms. The summed E-state index contributed by atoms with van der Waals surface area (Å²) in [7, 11) is 0. The fourth-order valence-electron chi connectivity index (χ4n) is 3.74. The van der Waals surface area contributed by atoms with Gasteiger partial charge in [-0.15, -0.1) is 0 Å². The van der Waals surface area contributed by atoms with Crippen molar-refractivity contribution in [2.45, 2.75) is 0 Å². The Balaban J connectivity index is 0. The van der Waals surface area contributed by atoms with Crippen molar-refractivity contribution in [1.82, 2.24) is 0 Å². The standard InChI is InChI=1S/3C12H7Cl3O2.2Na.2H2O/c3*13-7-1-3-11(9(15)5-7)17-12-4-2-8(14)6-10(12)16;;;;/h3*1-6,16H;;;2*1H2/q;;;2*+1;;/p-2. The third kappa shape index (κ3) is 17.2. The van der Waals surface area contributed by atoms with Crippen molar-refractivity contribution in [3.05, 3.63) is 154 Å². The van der Waals surface area contributed by atoms with Gasteiger partial charge in [-0.05, 0) is 103 Å². The van der Waals surface area contributed by atoms with Gasteiger partial charge < -0.3 is 40.5 Å². The molecular weight excluding hydrogens is 925 g/mol. The maximum atomic E-state index is 11.5. The topological polar surface area (TPSA) is 156 Å². The van der Waals surface area contributed by atoms with Crippen molar-refractivity contribution >= 4 is 104 Å². The number of hydrogen-bond acceptors (Lipinski definition) is 7. The molecule has 4 N–H and O–H groups in total. The summed E-state index contributed by atoms with van der Waals surface area (Å²) in [5.41, 5.74) is 0. The van der Waals surface area contributed by atoms with E-state index in [0.29, 0.717) is 62.5 Å². The first kappa shape index (κ1) is 53.6. The molecular formula is C36H23Cl9Na2O8. The number of hydrogen-bond donors (Lipinski definition) is 1. The van der Waals surface area contributed by atoms with Crippen molar-refractivity contribution in [2.24, 2.45) is 0 Å². The Bertz CT molecular complexity index is 1780. The van der Waals surface area contributed by atoms with Gasteiger partial charge in [0.2, 0.25) is 0 Å². The van der Waals surface area contributed by atoms with Gasteiger partial charge in [0.1, 0.15) is 28.7 Å². The van der Waals surface area contributed by atoms with Crippen LogP contribution in [0, 0.1) is 0 Å². The molecule has 0 aliphatic carbocycles. The largest absolute Gasteiger partial charge is 1.00 e. The molecule has 0 saturated heterocycles. The molecule has 55 heavy (non-hydrogen) atoms. The van der Waals surface area contributed by atoms with Crippen LogP contribution in [-0.4, -0.2) is 16.1 Å². The molecule has 0 atom stereocenters. The zero-order valence-corrected chi connectivity index (χ0v) is 39.0. The Morgan fingerprint density at radius 3 is 0.891 bits per heavy atom. The maximum Gasteiger partial charge on any atom is 1.00 e. The van der Waals surface area contributed by atoms with E-state index < -0.39 is 0 Å². The van der Waals surface area contributed by atoms with Crippen molar-refractivity contribution < 1.29 is 101 Å². The minimum Gasteiger partial charge on any atom is -0.870 e. The van der Waals surface area contributed by atoms with Crippen LogP contribution in [0.25, 0.3) is 0 Å². The van der Waals surface area contributed by atoms with Crippen molar-refractivity contribution in [1.29, 1.82) is 0 Å². The number of rotatable bonds is 6. The smallest absolute Gasteiger partial charge is 0.870 e. The van der Waals surface area contributed by atoms with Gasteiger partial charge >= 0.3 is 60.5 Å². The molecule has 0 heterocycles. The van der Waals surface area contributed by atoms with Crippen LogP contribution < -0.4 is 83.5 Å². The fourth-order valence-corrected chi connectivity index (χ4v) is 5.57. The average Bonchev–Trinajstić information content (AvgIpc) is 3.05. The first-order valence-electron chi connectivity index (χ1n) is 14.0. The van der Waals surface area contributed by atoms with Crippen molar-refractivity contribution in [3.63, 3.8) is 0 Å². The van der Waals surface area contributed by atoms with Crippen LogP contribution in [0.15, 0.2) is 109 Å². The van der Waals surface area contributed by atoms with Crippen molar-refractivity contribution in [3.8, 4) is 51.7 Å². The van der Waals surface area contributed by atoms with E-state index in [1.54, 1.807) is 78.9 Å². The third-order valence-electron chi connectivity index (χ3n) is 6.07. The number of ether oxygens (including phenoxy) is 3. The summed E-state index contributed by atoms with van der Waals surface area (Å²) in [6.07, 6.45) is 0. The average molecular weight is 949 g/mol. The molecule has 0 aliphatic heterocycles. The molecule has 0 aliphatic rings. The molecule has 0 fully saturated rings. The Morgan fingerprint density at radius 1 is 0.382 bits per heavy atom. The van der Waals surface area contributed by atoms with E-state index in [1.165, 1.54) is 30.3 Å². The number of aromatic hydroxyl groups is 1. The van der Waals surface area contributed by atoms with E-state index in [2.05, 4.69) is 0 Å². The maximum absolute atomic E-state index is 11.5. The Hall–Kier alpha value is -1.35. The molecule has 0 radical (unpaired) electrons. The third-order valence-corrected chi connectivity index (χ3v) is 8.37. The second-order valence-corrected chi connectivity index (χ2v) is 13.7. The molecule has 0 spiro atoms. The fraction of sp³-hybridized carbons (Fsp3) is 0. The molecule has 6 rings (SSSR count). The van der Waals surface area contributed by atoms with E-state index in [1.807, 2.05) is 0 Å². The van der Waals surface area contributed by atoms with Crippen LogP contribution in [0.4, 0.5) is 0 Å². The van der Waals surface area contributed by atoms with Gasteiger partial charge in [-0.2, -0.15) is 0 Å². The predicted molar refractivity (Wildman–Crippen MR) is 211 cm³/mol. The van der Waals surface area contributed by atoms with E-state index in [9.17, 15) is 15.3 Å². The number of phenolic OH excluding ortho intramolecular Hbond substituents is 1. The molecule has 0 aromatic heterocycles. The second-order valence-electron chi connectivity index (χ2n) is 9.82. The zero-order valence-electron chi connectivity index (χ0n) is 29.2. The molecule has 8 nitrogen and oxygen atoms in total. The first-order chi connectivity index (χ1) is 24.2. The van der Waals surface area contributed by atoms with Crippen LogP contribution in [0.5, 0.6) is 51.7 Å². The minimum absolute atomic E-state index is 0.